The molecule has 0 spiro atoms. The summed E-state index contributed by atoms with van der Waals surface area (Å²) >= 11 is 0. The van der Waals surface area contributed by atoms with Crippen LogP contribution in [-0.4, -0.2) is 14.5 Å². The number of nitrogens with zero attached hydrogens (tertiary/aromatic N) is 4. The van der Waals surface area contributed by atoms with E-state index in [1.54, 1.807) is 6.08 Å². The molecule has 0 saturated heterocycles. The average molecular weight is 628 g/mol. The third-order valence-electron chi connectivity index (χ3n) is 9.53. The number of aromatic nitrogens is 3. The molecule has 0 radical (unpaired) electrons. The number of rotatable bonds is 6. The maximum Gasteiger partial charge on any atom is 0.101 e. The van der Waals surface area contributed by atoms with E-state index in [2.05, 4.69) is 137 Å². The lowest BCUT2D eigenvalue weighted by molar-refractivity contribution is 1.11. The molecule has 9 aromatic rings. The highest BCUT2D eigenvalue weighted by Crippen LogP contribution is 2.40. The molecule has 0 aliphatic carbocycles. The van der Waals surface area contributed by atoms with Gasteiger partial charge < -0.3 is 10.3 Å². The number of benzene rings is 6. The zero-order chi connectivity index (χ0) is 32.9. The molecular weight excluding hydrogens is 599 g/mol. The van der Waals surface area contributed by atoms with E-state index in [0.29, 0.717) is 12.0 Å². The van der Waals surface area contributed by atoms with Crippen LogP contribution in [0.25, 0.3) is 82.2 Å². The van der Waals surface area contributed by atoms with E-state index in [1.807, 2.05) is 18.5 Å². The van der Waals surface area contributed by atoms with Crippen LogP contribution in [0, 0.1) is 11.3 Å². The molecule has 0 atom stereocenters. The highest BCUT2D eigenvalue weighted by atomic mass is 15.0. The Morgan fingerprint density at radius 1 is 0.714 bits per heavy atom. The van der Waals surface area contributed by atoms with Crippen LogP contribution in [-0.2, 0) is 6.42 Å². The Morgan fingerprint density at radius 2 is 1.49 bits per heavy atom. The molecule has 9 rings (SSSR count). The summed E-state index contributed by atoms with van der Waals surface area (Å²) in [4.78, 5) is 9.64. The molecule has 3 aromatic heterocycles. The molecule has 5 nitrogen and oxygen atoms in total. The number of hydrogen-bond donors (Lipinski definition) is 1. The SMILES string of the molecule is N#CC(/C=C\Cc1cc(-c2cccc(-n3c4ccccc4c4cnccc43)c2)cc(-c2ccc3ccc4cccc5ccc2c3c45)n1)=C/N. The van der Waals surface area contributed by atoms with Gasteiger partial charge in [0.15, 0.2) is 0 Å². The van der Waals surface area contributed by atoms with Gasteiger partial charge in [-0.15, -0.1) is 0 Å². The Hall–Kier alpha value is -6.77. The van der Waals surface area contributed by atoms with E-state index in [-0.39, 0.29) is 0 Å². The Kier molecular flexibility index (Phi) is 6.67. The molecule has 0 aliphatic rings. The number of hydrogen-bond acceptors (Lipinski definition) is 4. The van der Waals surface area contributed by atoms with Crippen LogP contribution in [0.4, 0.5) is 0 Å². The van der Waals surface area contributed by atoms with E-state index in [4.69, 9.17) is 10.7 Å². The van der Waals surface area contributed by atoms with E-state index < -0.39 is 0 Å². The average Bonchev–Trinajstić information content (AvgIpc) is 3.50. The summed E-state index contributed by atoms with van der Waals surface area (Å²) in [5.41, 5.74) is 14.4. The van der Waals surface area contributed by atoms with Gasteiger partial charge in [-0.25, -0.2) is 0 Å². The van der Waals surface area contributed by atoms with Crippen LogP contribution in [0.3, 0.4) is 0 Å². The fraction of sp³-hybridized carbons (Fsp3) is 0.0227. The Balaban J connectivity index is 1.24. The topological polar surface area (TPSA) is 80.5 Å². The van der Waals surface area contributed by atoms with Crippen molar-refractivity contribution in [2.24, 2.45) is 5.73 Å². The summed E-state index contributed by atoms with van der Waals surface area (Å²) in [5.74, 6) is 0. The second kappa shape index (κ2) is 11.5. The smallest absolute Gasteiger partial charge is 0.101 e. The lowest BCUT2D eigenvalue weighted by atomic mass is 9.90. The van der Waals surface area contributed by atoms with Gasteiger partial charge in [0.05, 0.1) is 22.3 Å². The molecule has 6 aromatic carbocycles. The summed E-state index contributed by atoms with van der Waals surface area (Å²) in [5, 5.41) is 19.1. The first-order chi connectivity index (χ1) is 24.2. The van der Waals surface area contributed by atoms with Crippen LogP contribution < -0.4 is 5.73 Å². The lowest BCUT2D eigenvalue weighted by Crippen LogP contribution is -1.97. The van der Waals surface area contributed by atoms with Gasteiger partial charge >= 0.3 is 0 Å². The molecule has 49 heavy (non-hydrogen) atoms. The molecule has 0 amide bonds. The van der Waals surface area contributed by atoms with Gasteiger partial charge in [-0.3, -0.25) is 9.97 Å². The standard InChI is InChI=1S/C44H29N5/c45-25-28(26-46)6-3-10-34-22-33(32-9-5-11-35(23-32)49-41-13-2-1-12-37(41)39-27-47-21-20-42(39)49)24-40(48-34)36-18-16-31-15-14-29-7-4-8-30-17-19-38(36)44(31)43(29)30/h1-9,11-25,27H,10,45H2/b6-3-,28-25+. The molecule has 230 valence electrons. The predicted octanol–water partition coefficient (Wildman–Crippen LogP) is 10.3. The van der Waals surface area contributed by atoms with E-state index in [9.17, 15) is 5.26 Å². The summed E-state index contributed by atoms with van der Waals surface area (Å²) in [6, 6.07) is 45.5. The molecule has 0 fully saturated rings. The van der Waals surface area contributed by atoms with Crippen molar-refractivity contribution in [3.63, 3.8) is 0 Å². The minimum atomic E-state index is 0.414. The van der Waals surface area contributed by atoms with Crippen molar-refractivity contribution in [1.82, 2.24) is 14.5 Å². The van der Waals surface area contributed by atoms with Gasteiger partial charge in [0, 0.05) is 52.7 Å². The summed E-state index contributed by atoms with van der Waals surface area (Å²) in [6.45, 7) is 0. The van der Waals surface area contributed by atoms with Gasteiger partial charge in [0.2, 0.25) is 0 Å². The number of fused-ring (bicyclic) bond motifs is 3. The molecule has 2 N–H and O–H groups in total. The molecule has 0 aliphatic heterocycles. The first-order valence-corrected chi connectivity index (χ1v) is 16.3. The van der Waals surface area contributed by atoms with Gasteiger partial charge in [0.1, 0.15) is 6.07 Å². The van der Waals surface area contributed by atoms with Gasteiger partial charge in [-0.2, -0.15) is 5.26 Å². The minimum Gasteiger partial charge on any atom is -0.404 e. The molecule has 3 heterocycles. The highest BCUT2D eigenvalue weighted by molar-refractivity contribution is 6.25. The Morgan fingerprint density at radius 3 is 2.35 bits per heavy atom. The molecule has 0 bridgehead atoms. The maximum atomic E-state index is 9.39. The van der Waals surface area contributed by atoms with Crippen molar-refractivity contribution in [2.75, 3.05) is 0 Å². The summed E-state index contributed by atoms with van der Waals surface area (Å²) in [7, 11) is 0. The lowest BCUT2D eigenvalue weighted by Gasteiger charge is -2.15. The van der Waals surface area contributed by atoms with Crippen molar-refractivity contribution in [3.05, 3.63) is 163 Å². The monoisotopic (exact) mass is 627 g/mol. The Bertz CT molecular complexity index is 2760. The second-order valence-corrected chi connectivity index (χ2v) is 12.3. The minimum absolute atomic E-state index is 0.414. The van der Waals surface area contributed by atoms with Crippen LogP contribution in [0.1, 0.15) is 5.69 Å². The van der Waals surface area contributed by atoms with Crippen molar-refractivity contribution in [1.29, 1.82) is 5.26 Å². The van der Waals surface area contributed by atoms with Crippen LogP contribution in [0.2, 0.25) is 0 Å². The van der Waals surface area contributed by atoms with Crippen molar-refractivity contribution in [2.45, 2.75) is 6.42 Å². The van der Waals surface area contributed by atoms with Gasteiger partial charge in [-0.05, 0) is 85.9 Å². The summed E-state index contributed by atoms with van der Waals surface area (Å²) in [6.07, 6.45) is 9.37. The highest BCUT2D eigenvalue weighted by Gasteiger charge is 2.16. The van der Waals surface area contributed by atoms with E-state index in [1.165, 1.54) is 43.9 Å². The first kappa shape index (κ1) is 28.5. The largest absolute Gasteiger partial charge is 0.404 e. The van der Waals surface area contributed by atoms with Crippen LogP contribution >= 0.6 is 0 Å². The molecule has 5 heteroatoms. The second-order valence-electron chi connectivity index (χ2n) is 12.3. The molecule has 0 unspecified atom stereocenters. The third kappa shape index (κ3) is 4.70. The fourth-order valence-electron chi connectivity index (χ4n) is 7.31. The van der Waals surface area contributed by atoms with Crippen molar-refractivity contribution >= 4 is 54.1 Å². The summed E-state index contributed by atoms with van der Waals surface area (Å²) < 4.78 is 2.31. The van der Waals surface area contributed by atoms with Gasteiger partial charge in [0.25, 0.3) is 0 Å². The number of allylic oxidation sites excluding steroid dienone is 3. The number of pyridine rings is 2. The van der Waals surface area contributed by atoms with Crippen molar-refractivity contribution < 1.29 is 0 Å². The normalized spacial score (nSPS) is 12.3. The van der Waals surface area contributed by atoms with Crippen LogP contribution in [0.5, 0.6) is 0 Å². The zero-order valence-electron chi connectivity index (χ0n) is 26.5. The van der Waals surface area contributed by atoms with Crippen molar-refractivity contribution in [3.8, 4) is 34.1 Å². The Labute approximate surface area is 282 Å². The quantitative estimate of drug-likeness (QED) is 0.113. The number of nitrogens with two attached hydrogens (primary N) is 1. The molecule has 0 saturated carbocycles. The van der Waals surface area contributed by atoms with E-state index >= 15 is 0 Å². The number of para-hydroxylation sites is 1. The van der Waals surface area contributed by atoms with Gasteiger partial charge in [-0.1, -0.05) is 91.0 Å². The molecular formula is C44H29N5. The predicted molar refractivity (Wildman–Crippen MR) is 202 cm³/mol. The zero-order valence-corrected chi connectivity index (χ0v) is 26.5. The number of nitriles is 1. The third-order valence-corrected chi connectivity index (χ3v) is 9.53. The first-order valence-electron chi connectivity index (χ1n) is 16.3. The van der Waals surface area contributed by atoms with Crippen LogP contribution in [0.15, 0.2) is 158 Å². The fourth-order valence-corrected chi connectivity index (χ4v) is 7.31. The maximum absolute atomic E-state index is 9.39. The van der Waals surface area contributed by atoms with E-state index in [0.717, 1.165) is 50.2 Å².